The Morgan fingerprint density at radius 1 is 1.00 bits per heavy atom. The summed E-state index contributed by atoms with van der Waals surface area (Å²) in [4.78, 5) is 0. The molecule has 0 aliphatic rings. The van der Waals surface area contributed by atoms with Gasteiger partial charge < -0.3 is 5.32 Å². The SMILES string of the molecule is CCC(NC(C)Cc1ccccc1Cl)c1ccc(Cl)cc1. The molecule has 2 rings (SSSR count). The Kier molecular flexibility index (Phi) is 6.10. The van der Waals surface area contributed by atoms with Gasteiger partial charge in [-0.3, -0.25) is 0 Å². The standard InChI is InChI=1S/C18H21Cl2N/c1-3-18(14-8-10-16(19)11-9-14)21-13(2)12-15-6-4-5-7-17(15)20/h4-11,13,18,21H,3,12H2,1-2H3. The summed E-state index contributed by atoms with van der Waals surface area (Å²) >= 11 is 12.2. The Labute approximate surface area is 137 Å². The van der Waals surface area contributed by atoms with E-state index in [0.29, 0.717) is 12.1 Å². The first-order valence-electron chi connectivity index (χ1n) is 7.35. The van der Waals surface area contributed by atoms with Crippen LogP contribution in [0.2, 0.25) is 10.0 Å². The van der Waals surface area contributed by atoms with E-state index in [1.54, 1.807) is 0 Å². The summed E-state index contributed by atoms with van der Waals surface area (Å²) in [5.41, 5.74) is 2.46. The van der Waals surface area contributed by atoms with Gasteiger partial charge in [0.05, 0.1) is 0 Å². The second-order valence-corrected chi connectivity index (χ2v) is 6.22. The van der Waals surface area contributed by atoms with Crippen LogP contribution in [0.5, 0.6) is 0 Å². The predicted molar refractivity (Wildman–Crippen MR) is 92.2 cm³/mol. The largest absolute Gasteiger partial charge is 0.307 e. The highest BCUT2D eigenvalue weighted by Gasteiger charge is 2.13. The fourth-order valence-electron chi connectivity index (χ4n) is 2.54. The molecule has 0 radical (unpaired) electrons. The lowest BCUT2D eigenvalue weighted by molar-refractivity contribution is 0.443. The monoisotopic (exact) mass is 321 g/mol. The van der Waals surface area contributed by atoms with Gasteiger partial charge in [-0.25, -0.2) is 0 Å². The molecule has 2 unspecified atom stereocenters. The Bertz CT molecular complexity index is 566. The third kappa shape index (κ3) is 4.74. The molecule has 0 heterocycles. The molecule has 21 heavy (non-hydrogen) atoms. The van der Waals surface area contributed by atoms with Crippen LogP contribution in [0.3, 0.4) is 0 Å². The van der Waals surface area contributed by atoms with Gasteiger partial charge in [0.2, 0.25) is 0 Å². The highest BCUT2D eigenvalue weighted by atomic mass is 35.5. The highest BCUT2D eigenvalue weighted by molar-refractivity contribution is 6.31. The molecule has 0 spiro atoms. The van der Waals surface area contributed by atoms with E-state index in [9.17, 15) is 0 Å². The first kappa shape index (κ1) is 16.4. The summed E-state index contributed by atoms with van der Waals surface area (Å²) in [7, 11) is 0. The first-order valence-corrected chi connectivity index (χ1v) is 8.10. The van der Waals surface area contributed by atoms with Gasteiger partial charge in [0, 0.05) is 22.1 Å². The molecule has 0 aliphatic carbocycles. The van der Waals surface area contributed by atoms with E-state index in [4.69, 9.17) is 23.2 Å². The maximum absolute atomic E-state index is 6.23. The summed E-state index contributed by atoms with van der Waals surface area (Å²) in [6.45, 7) is 4.39. The van der Waals surface area contributed by atoms with Crippen LogP contribution < -0.4 is 5.32 Å². The van der Waals surface area contributed by atoms with Crippen LogP contribution >= 0.6 is 23.2 Å². The molecule has 0 bridgehead atoms. The summed E-state index contributed by atoms with van der Waals surface area (Å²) in [6.07, 6.45) is 1.96. The molecule has 112 valence electrons. The van der Waals surface area contributed by atoms with Crippen molar-refractivity contribution in [3.63, 3.8) is 0 Å². The number of halogens is 2. The summed E-state index contributed by atoms with van der Waals surface area (Å²) < 4.78 is 0. The van der Waals surface area contributed by atoms with E-state index in [1.165, 1.54) is 11.1 Å². The smallest absolute Gasteiger partial charge is 0.0438 e. The lowest BCUT2D eigenvalue weighted by Gasteiger charge is -2.23. The fourth-order valence-corrected chi connectivity index (χ4v) is 2.88. The Balaban J connectivity index is 2.01. The van der Waals surface area contributed by atoms with Gasteiger partial charge in [-0.05, 0) is 49.1 Å². The highest BCUT2D eigenvalue weighted by Crippen LogP contribution is 2.21. The van der Waals surface area contributed by atoms with Crippen molar-refractivity contribution < 1.29 is 0 Å². The van der Waals surface area contributed by atoms with Crippen LogP contribution in [-0.2, 0) is 6.42 Å². The van der Waals surface area contributed by atoms with Crippen molar-refractivity contribution in [1.29, 1.82) is 0 Å². The van der Waals surface area contributed by atoms with Crippen molar-refractivity contribution in [3.8, 4) is 0 Å². The third-order valence-corrected chi connectivity index (χ3v) is 4.27. The minimum atomic E-state index is 0.333. The topological polar surface area (TPSA) is 12.0 Å². The molecule has 0 aliphatic heterocycles. The average molecular weight is 322 g/mol. The molecule has 0 amide bonds. The second-order valence-electron chi connectivity index (χ2n) is 5.38. The zero-order chi connectivity index (χ0) is 15.2. The van der Waals surface area contributed by atoms with E-state index in [-0.39, 0.29) is 0 Å². The number of benzene rings is 2. The molecule has 0 saturated heterocycles. The Morgan fingerprint density at radius 2 is 1.67 bits per heavy atom. The third-order valence-electron chi connectivity index (χ3n) is 3.65. The fraction of sp³-hybridized carbons (Fsp3) is 0.333. The van der Waals surface area contributed by atoms with Gasteiger partial charge in [-0.1, -0.05) is 60.5 Å². The summed E-state index contributed by atoms with van der Waals surface area (Å²) in [5, 5.41) is 5.29. The van der Waals surface area contributed by atoms with Crippen molar-refractivity contribution in [2.75, 3.05) is 0 Å². The van der Waals surface area contributed by atoms with Crippen LogP contribution in [0, 0.1) is 0 Å². The molecule has 1 nitrogen and oxygen atoms in total. The van der Waals surface area contributed by atoms with E-state index < -0.39 is 0 Å². The molecule has 1 N–H and O–H groups in total. The summed E-state index contributed by atoms with van der Waals surface area (Å²) in [5.74, 6) is 0. The molecule has 0 fully saturated rings. The molecule has 2 aromatic carbocycles. The molecule has 3 heteroatoms. The molecule has 0 aromatic heterocycles. The molecule has 0 saturated carbocycles. The van der Waals surface area contributed by atoms with Crippen molar-refractivity contribution in [1.82, 2.24) is 5.32 Å². The maximum atomic E-state index is 6.23. The lowest BCUT2D eigenvalue weighted by Crippen LogP contribution is -2.32. The minimum Gasteiger partial charge on any atom is -0.307 e. The number of rotatable bonds is 6. The van der Waals surface area contributed by atoms with Gasteiger partial charge in [-0.2, -0.15) is 0 Å². The number of nitrogens with one attached hydrogen (secondary N) is 1. The van der Waals surface area contributed by atoms with Gasteiger partial charge >= 0.3 is 0 Å². The Morgan fingerprint density at radius 3 is 2.29 bits per heavy atom. The van der Waals surface area contributed by atoms with E-state index >= 15 is 0 Å². The van der Waals surface area contributed by atoms with Crippen LogP contribution in [0.1, 0.15) is 37.4 Å². The van der Waals surface area contributed by atoms with Crippen LogP contribution in [-0.4, -0.2) is 6.04 Å². The molecule has 2 aromatic rings. The average Bonchev–Trinajstić information content (AvgIpc) is 2.48. The quantitative estimate of drug-likeness (QED) is 0.723. The zero-order valence-corrected chi connectivity index (χ0v) is 14.0. The predicted octanol–water partition coefficient (Wildman–Crippen LogP) is 5.67. The molecule has 2 atom stereocenters. The molecular weight excluding hydrogens is 301 g/mol. The normalized spacial score (nSPS) is 13.9. The number of hydrogen-bond acceptors (Lipinski definition) is 1. The van der Waals surface area contributed by atoms with Crippen LogP contribution in [0.4, 0.5) is 0 Å². The van der Waals surface area contributed by atoms with Gasteiger partial charge in [0.25, 0.3) is 0 Å². The first-order chi connectivity index (χ1) is 10.1. The molecular formula is C18H21Cl2N. The minimum absolute atomic E-state index is 0.333. The van der Waals surface area contributed by atoms with Gasteiger partial charge in [-0.15, -0.1) is 0 Å². The van der Waals surface area contributed by atoms with Crippen molar-refractivity contribution in [2.45, 2.75) is 38.8 Å². The van der Waals surface area contributed by atoms with Crippen LogP contribution in [0.15, 0.2) is 48.5 Å². The van der Waals surface area contributed by atoms with E-state index in [1.807, 2.05) is 30.3 Å². The lowest BCUT2D eigenvalue weighted by atomic mass is 10.0. The van der Waals surface area contributed by atoms with Gasteiger partial charge in [0.15, 0.2) is 0 Å². The summed E-state index contributed by atoms with van der Waals surface area (Å²) in [6, 6.07) is 16.8. The zero-order valence-electron chi connectivity index (χ0n) is 12.4. The maximum Gasteiger partial charge on any atom is 0.0438 e. The van der Waals surface area contributed by atoms with E-state index in [0.717, 1.165) is 22.9 Å². The van der Waals surface area contributed by atoms with Crippen molar-refractivity contribution in [2.24, 2.45) is 0 Å². The number of hydrogen-bond donors (Lipinski definition) is 1. The second kappa shape index (κ2) is 7.84. The van der Waals surface area contributed by atoms with Crippen LogP contribution in [0.25, 0.3) is 0 Å². The van der Waals surface area contributed by atoms with Crippen molar-refractivity contribution in [3.05, 3.63) is 69.7 Å². The Hall–Kier alpha value is -1.02. The van der Waals surface area contributed by atoms with E-state index in [2.05, 4.69) is 37.4 Å². The van der Waals surface area contributed by atoms with Gasteiger partial charge in [0.1, 0.15) is 0 Å². The van der Waals surface area contributed by atoms with Crippen molar-refractivity contribution >= 4 is 23.2 Å².